The number of sulfonamides is 1. The Hall–Kier alpha value is -3.72. The molecule has 5 rings (SSSR count). The number of aromatic nitrogens is 4. The highest BCUT2D eigenvalue weighted by atomic mass is 32.2. The highest BCUT2D eigenvalue weighted by Gasteiger charge is 2.18. The number of nitrogens with one attached hydrogen (secondary N) is 2. The van der Waals surface area contributed by atoms with Crippen LogP contribution in [-0.2, 0) is 22.9 Å². The molecule has 0 saturated heterocycles. The average Bonchev–Trinajstić information content (AvgIpc) is 3.35. The van der Waals surface area contributed by atoms with Crippen molar-refractivity contribution in [3.05, 3.63) is 83.9 Å². The van der Waals surface area contributed by atoms with Crippen LogP contribution in [0, 0.1) is 6.92 Å². The maximum atomic E-state index is 12.9. The predicted octanol–water partition coefficient (Wildman–Crippen LogP) is 4.39. The van der Waals surface area contributed by atoms with Crippen LogP contribution in [0.5, 0.6) is 0 Å². The van der Waals surface area contributed by atoms with E-state index in [9.17, 15) is 8.42 Å². The fourth-order valence-electron chi connectivity index (χ4n) is 4.00. The summed E-state index contributed by atoms with van der Waals surface area (Å²) in [6.45, 7) is 1.82. The van der Waals surface area contributed by atoms with Gasteiger partial charge in [0.25, 0.3) is 10.0 Å². The number of hydrogen-bond acceptors (Lipinski definition) is 6. The number of nitrogens with zero attached hydrogens (tertiary/aromatic N) is 4. The van der Waals surface area contributed by atoms with E-state index in [0.29, 0.717) is 28.0 Å². The lowest BCUT2D eigenvalue weighted by Crippen LogP contribution is -2.14. The Morgan fingerprint density at radius 2 is 1.67 bits per heavy atom. The zero-order valence-electron chi connectivity index (χ0n) is 18.2. The van der Waals surface area contributed by atoms with Crippen molar-refractivity contribution in [2.75, 3.05) is 10.0 Å². The first-order valence-electron chi connectivity index (χ1n) is 10.8. The van der Waals surface area contributed by atoms with Gasteiger partial charge < -0.3 is 5.32 Å². The van der Waals surface area contributed by atoms with Crippen LogP contribution in [0.25, 0.3) is 5.82 Å². The van der Waals surface area contributed by atoms with E-state index >= 15 is 0 Å². The Kier molecular flexibility index (Phi) is 5.55. The lowest BCUT2D eigenvalue weighted by molar-refractivity contribution is 0.600. The van der Waals surface area contributed by atoms with Crippen LogP contribution in [-0.4, -0.2) is 28.2 Å². The molecular weight excluding hydrogens is 436 g/mol. The van der Waals surface area contributed by atoms with Crippen molar-refractivity contribution in [2.45, 2.75) is 37.5 Å². The number of hydrogen-bond donors (Lipinski definition) is 2. The average molecular weight is 461 g/mol. The molecule has 9 heteroatoms. The summed E-state index contributed by atoms with van der Waals surface area (Å²) in [5.41, 5.74) is 3.66. The molecule has 0 saturated carbocycles. The van der Waals surface area contributed by atoms with Gasteiger partial charge in [0, 0.05) is 29.8 Å². The summed E-state index contributed by atoms with van der Waals surface area (Å²) < 4.78 is 30.1. The molecule has 0 aliphatic heterocycles. The van der Waals surface area contributed by atoms with Gasteiger partial charge in [-0.15, -0.1) is 0 Å². The molecule has 0 amide bonds. The minimum atomic E-state index is -3.66. The number of benzene rings is 2. The normalized spacial score (nSPS) is 13.4. The molecule has 0 bridgehead atoms. The molecule has 0 unspecified atom stereocenters. The largest absolute Gasteiger partial charge is 0.340 e. The van der Waals surface area contributed by atoms with Crippen LogP contribution in [0.1, 0.15) is 29.8 Å². The summed E-state index contributed by atoms with van der Waals surface area (Å²) in [6, 6.07) is 16.1. The molecule has 2 aromatic heterocycles. The van der Waals surface area contributed by atoms with E-state index in [1.165, 1.54) is 5.56 Å². The van der Waals surface area contributed by atoms with E-state index in [1.54, 1.807) is 53.3 Å². The van der Waals surface area contributed by atoms with Gasteiger partial charge in [0.1, 0.15) is 11.6 Å². The third kappa shape index (κ3) is 4.73. The second-order valence-corrected chi connectivity index (χ2v) is 9.74. The Morgan fingerprint density at radius 3 is 2.42 bits per heavy atom. The van der Waals surface area contributed by atoms with E-state index in [-0.39, 0.29) is 0 Å². The van der Waals surface area contributed by atoms with Gasteiger partial charge in [-0.1, -0.05) is 6.07 Å². The van der Waals surface area contributed by atoms with Crippen molar-refractivity contribution in [3.8, 4) is 5.82 Å². The van der Waals surface area contributed by atoms with E-state index in [1.807, 2.05) is 25.3 Å². The zero-order valence-corrected chi connectivity index (χ0v) is 19.0. The third-order valence-electron chi connectivity index (χ3n) is 5.60. The van der Waals surface area contributed by atoms with Gasteiger partial charge in [-0.2, -0.15) is 5.10 Å². The monoisotopic (exact) mass is 460 g/mol. The Morgan fingerprint density at radius 1 is 0.909 bits per heavy atom. The van der Waals surface area contributed by atoms with Gasteiger partial charge in [0.2, 0.25) is 0 Å². The Bertz CT molecular complexity index is 1380. The maximum absolute atomic E-state index is 12.9. The van der Waals surface area contributed by atoms with Crippen LogP contribution >= 0.6 is 0 Å². The first kappa shape index (κ1) is 21.1. The molecule has 33 heavy (non-hydrogen) atoms. The van der Waals surface area contributed by atoms with E-state index in [4.69, 9.17) is 0 Å². The van der Waals surface area contributed by atoms with Gasteiger partial charge in [0.05, 0.1) is 4.90 Å². The van der Waals surface area contributed by atoms with Crippen molar-refractivity contribution >= 4 is 27.2 Å². The van der Waals surface area contributed by atoms with Crippen LogP contribution in [0.3, 0.4) is 0 Å². The predicted molar refractivity (Wildman–Crippen MR) is 128 cm³/mol. The molecule has 2 N–H and O–H groups in total. The van der Waals surface area contributed by atoms with Gasteiger partial charge in [-0.05, 0) is 86.2 Å². The van der Waals surface area contributed by atoms with Crippen molar-refractivity contribution in [1.29, 1.82) is 0 Å². The highest BCUT2D eigenvalue weighted by molar-refractivity contribution is 7.92. The fourth-order valence-corrected chi connectivity index (χ4v) is 5.11. The zero-order chi connectivity index (χ0) is 22.8. The van der Waals surface area contributed by atoms with Crippen molar-refractivity contribution in [3.63, 3.8) is 0 Å². The Labute approximate surface area is 192 Å². The number of anilines is 3. The minimum Gasteiger partial charge on any atom is -0.340 e. The molecule has 2 aromatic carbocycles. The second kappa shape index (κ2) is 8.67. The molecule has 0 atom stereocenters. The molecule has 4 aromatic rings. The molecular formula is C24H24N6O2S. The second-order valence-electron chi connectivity index (χ2n) is 8.05. The van der Waals surface area contributed by atoms with Crippen LogP contribution in [0.4, 0.5) is 17.2 Å². The number of rotatable bonds is 6. The summed E-state index contributed by atoms with van der Waals surface area (Å²) in [5, 5.41) is 7.44. The molecule has 0 radical (unpaired) electrons. The quantitative estimate of drug-likeness (QED) is 0.442. The van der Waals surface area contributed by atoms with E-state index < -0.39 is 10.0 Å². The summed E-state index contributed by atoms with van der Waals surface area (Å²) >= 11 is 0. The van der Waals surface area contributed by atoms with Gasteiger partial charge in [-0.3, -0.25) is 4.72 Å². The van der Waals surface area contributed by atoms with Gasteiger partial charge >= 0.3 is 0 Å². The SMILES string of the molecule is Cc1nc(Nc2ccc(NS(=O)(=O)c3ccc4c(c3)CCCC4)cc2)cc(-n2cccn2)n1. The topological polar surface area (TPSA) is 102 Å². The standard InChI is InChI=1S/C24H24N6O2S/c1-17-26-23(16-24(27-17)30-14-4-13-25-30)28-20-8-10-21(11-9-20)29-33(31,32)22-12-7-18-5-2-3-6-19(18)15-22/h4,7-16,29H,2-3,5-6H2,1H3,(H,26,27,28). The van der Waals surface area contributed by atoms with Crippen molar-refractivity contribution < 1.29 is 8.42 Å². The van der Waals surface area contributed by atoms with E-state index in [2.05, 4.69) is 25.1 Å². The lowest BCUT2D eigenvalue weighted by atomic mass is 9.92. The fraction of sp³-hybridized carbons (Fsp3) is 0.208. The number of fused-ring (bicyclic) bond motifs is 1. The summed E-state index contributed by atoms with van der Waals surface area (Å²) in [7, 11) is -3.66. The molecule has 2 heterocycles. The van der Waals surface area contributed by atoms with Crippen LogP contribution in [0.2, 0.25) is 0 Å². The summed E-state index contributed by atoms with van der Waals surface area (Å²) in [6.07, 6.45) is 7.73. The first-order valence-corrected chi connectivity index (χ1v) is 12.3. The molecule has 0 fully saturated rings. The molecule has 168 valence electrons. The van der Waals surface area contributed by atoms with Crippen LogP contribution in [0.15, 0.2) is 71.9 Å². The summed E-state index contributed by atoms with van der Waals surface area (Å²) in [5.74, 6) is 1.89. The highest BCUT2D eigenvalue weighted by Crippen LogP contribution is 2.26. The molecule has 0 spiro atoms. The molecule has 1 aliphatic carbocycles. The smallest absolute Gasteiger partial charge is 0.261 e. The summed E-state index contributed by atoms with van der Waals surface area (Å²) in [4.78, 5) is 9.12. The van der Waals surface area contributed by atoms with Crippen molar-refractivity contribution in [2.24, 2.45) is 0 Å². The molecule has 8 nitrogen and oxygen atoms in total. The maximum Gasteiger partial charge on any atom is 0.261 e. The number of aryl methyl sites for hydroxylation is 3. The van der Waals surface area contributed by atoms with Gasteiger partial charge in [-0.25, -0.2) is 23.1 Å². The van der Waals surface area contributed by atoms with Gasteiger partial charge in [0.15, 0.2) is 5.82 Å². The van der Waals surface area contributed by atoms with Crippen LogP contribution < -0.4 is 10.0 Å². The molecule has 1 aliphatic rings. The third-order valence-corrected chi connectivity index (χ3v) is 6.98. The lowest BCUT2D eigenvalue weighted by Gasteiger charge is -2.17. The minimum absolute atomic E-state index is 0.299. The Balaban J connectivity index is 1.31. The van der Waals surface area contributed by atoms with E-state index in [0.717, 1.165) is 36.9 Å². The first-order chi connectivity index (χ1) is 16.0. The van der Waals surface area contributed by atoms with Crippen molar-refractivity contribution in [1.82, 2.24) is 19.7 Å².